The van der Waals surface area contributed by atoms with Crippen molar-refractivity contribution >= 4 is 5.84 Å². The van der Waals surface area contributed by atoms with Gasteiger partial charge < -0.3 is 14.4 Å². The van der Waals surface area contributed by atoms with Crippen molar-refractivity contribution in [2.75, 3.05) is 32.9 Å². The lowest BCUT2D eigenvalue weighted by atomic mass is 10.0. The van der Waals surface area contributed by atoms with Crippen molar-refractivity contribution in [2.24, 2.45) is 0 Å². The molecule has 1 N–H and O–H groups in total. The van der Waals surface area contributed by atoms with Gasteiger partial charge in [0.05, 0.1) is 13.2 Å². The van der Waals surface area contributed by atoms with Crippen LogP contribution in [0.5, 0.6) is 0 Å². The van der Waals surface area contributed by atoms with E-state index in [0.717, 1.165) is 45.8 Å². The molecule has 0 aromatic heterocycles. The number of nitrogens with zero attached hydrogens (tertiary/aromatic N) is 1. The first-order chi connectivity index (χ1) is 6.72. The van der Waals surface area contributed by atoms with Crippen molar-refractivity contribution < 1.29 is 9.47 Å². The lowest BCUT2D eigenvalue weighted by Gasteiger charge is -2.36. The summed E-state index contributed by atoms with van der Waals surface area (Å²) in [7, 11) is 0. The number of rotatable bonds is 1. The Kier molecular flexibility index (Phi) is 2.74. The zero-order chi connectivity index (χ0) is 10.0. The van der Waals surface area contributed by atoms with E-state index in [1.807, 2.05) is 6.92 Å². The van der Waals surface area contributed by atoms with Crippen molar-refractivity contribution in [3.63, 3.8) is 0 Å². The van der Waals surface area contributed by atoms with Crippen molar-refractivity contribution in [3.8, 4) is 0 Å². The highest BCUT2D eigenvalue weighted by Gasteiger charge is 2.37. The van der Waals surface area contributed by atoms with Gasteiger partial charge in [0.25, 0.3) is 0 Å². The van der Waals surface area contributed by atoms with Crippen LogP contribution in [0.2, 0.25) is 0 Å². The molecular formula is C10H18N2O2. The number of hydrogen-bond acceptors (Lipinski definition) is 3. The smallest absolute Gasteiger partial charge is 0.129 e. The molecule has 2 heterocycles. The molecule has 0 aliphatic carbocycles. The van der Waals surface area contributed by atoms with Gasteiger partial charge in [-0.1, -0.05) is 0 Å². The summed E-state index contributed by atoms with van der Waals surface area (Å²) in [4.78, 5) is 2.08. The van der Waals surface area contributed by atoms with Gasteiger partial charge in [0, 0.05) is 19.7 Å². The standard InChI is InChI=1S/C10H18N2O2/c1-10(3-2-6-14-10)9(11)12-4-7-13-8-5-12/h11H,2-8H2,1H3. The van der Waals surface area contributed by atoms with Gasteiger partial charge >= 0.3 is 0 Å². The summed E-state index contributed by atoms with van der Waals surface area (Å²) < 4.78 is 10.9. The number of ether oxygens (including phenoxy) is 2. The molecule has 2 rings (SSSR count). The van der Waals surface area contributed by atoms with Crippen LogP contribution in [-0.2, 0) is 9.47 Å². The maximum atomic E-state index is 8.12. The minimum atomic E-state index is -0.336. The van der Waals surface area contributed by atoms with Gasteiger partial charge in [0.2, 0.25) is 0 Å². The Hall–Kier alpha value is -0.610. The molecule has 0 aromatic carbocycles. The molecule has 1 atom stereocenters. The lowest BCUT2D eigenvalue weighted by molar-refractivity contribution is 0.0371. The van der Waals surface area contributed by atoms with Gasteiger partial charge in [-0.15, -0.1) is 0 Å². The predicted molar refractivity (Wildman–Crippen MR) is 53.7 cm³/mol. The first-order valence-electron chi connectivity index (χ1n) is 5.28. The second-order valence-corrected chi connectivity index (χ2v) is 4.13. The minimum absolute atomic E-state index is 0.336. The normalized spacial score (nSPS) is 33.4. The average Bonchev–Trinajstić information content (AvgIpc) is 2.67. The van der Waals surface area contributed by atoms with Crippen molar-refractivity contribution in [3.05, 3.63) is 0 Å². The first-order valence-corrected chi connectivity index (χ1v) is 5.28. The molecule has 0 amide bonds. The molecule has 2 aliphatic heterocycles. The number of hydrogen-bond donors (Lipinski definition) is 1. The third kappa shape index (κ3) is 1.77. The Morgan fingerprint density at radius 1 is 1.29 bits per heavy atom. The fourth-order valence-corrected chi connectivity index (χ4v) is 2.09. The van der Waals surface area contributed by atoms with E-state index in [1.54, 1.807) is 0 Å². The summed E-state index contributed by atoms with van der Waals surface area (Å²) in [5, 5.41) is 8.12. The van der Waals surface area contributed by atoms with Gasteiger partial charge in [-0.25, -0.2) is 0 Å². The van der Waals surface area contributed by atoms with Crippen molar-refractivity contribution in [2.45, 2.75) is 25.4 Å². The highest BCUT2D eigenvalue weighted by atomic mass is 16.5. The Morgan fingerprint density at radius 2 is 2.00 bits per heavy atom. The molecule has 1 unspecified atom stereocenters. The highest BCUT2D eigenvalue weighted by molar-refractivity contribution is 5.87. The fraction of sp³-hybridized carbons (Fsp3) is 0.900. The monoisotopic (exact) mass is 198 g/mol. The van der Waals surface area contributed by atoms with Gasteiger partial charge in [-0.05, 0) is 19.8 Å². The molecule has 14 heavy (non-hydrogen) atoms. The molecule has 2 saturated heterocycles. The molecule has 4 nitrogen and oxygen atoms in total. The van der Waals surface area contributed by atoms with Crippen molar-refractivity contribution in [1.82, 2.24) is 4.90 Å². The summed E-state index contributed by atoms with van der Waals surface area (Å²) in [5.41, 5.74) is -0.336. The zero-order valence-electron chi connectivity index (χ0n) is 8.71. The van der Waals surface area contributed by atoms with E-state index < -0.39 is 0 Å². The second-order valence-electron chi connectivity index (χ2n) is 4.13. The Bertz CT molecular complexity index is 218. The topological polar surface area (TPSA) is 45.6 Å². The first kappa shape index (κ1) is 9.93. The second kappa shape index (κ2) is 3.87. The van der Waals surface area contributed by atoms with Crippen LogP contribution < -0.4 is 0 Å². The van der Waals surface area contributed by atoms with E-state index in [-0.39, 0.29) is 5.60 Å². The zero-order valence-corrected chi connectivity index (χ0v) is 8.71. The quantitative estimate of drug-likeness (QED) is 0.502. The number of amidine groups is 1. The Labute approximate surface area is 84.7 Å². The van der Waals surface area contributed by atoms with E-state index >= 15 is 0 Å². The van der Waals surface area contributed by atoms with Crippen LogP contribution in [0.15, 0.2) is 0 Å². The molecule has 2 fully saturated rings. The van der Waals surface area contributed by atoms with E-state index in [0.29, 0.717) is 5.84 Å². The highest BCUT2D eigenvalue weighted by Crippen LogP contribution is 2.27. The summed E-state index contributed by atoms with van der Waals surface area (Å²) in [5.74, 6) is 0.637. The molecule has 2 aliphatic rings. The Balaban J connectivity index is 1.98. The van der Waals surface area contributed by atoms with E-state index in [2.05, 4.69) is 4.90 Å². The third-order valence-electron chi connectivity index (χ3n) is 3.05. The molecule has 80 valence electrons. The minimum Gasteiger partial charge on any atom is -0.378 e. The SMILES string of the molecule is CC1(C(=N)N2CCOCC2)CCCO1. The molecule has 0 saturated carbocycles. The van der Waals surface area contributed by atoms with Crippen LogP contribution in [0.4, 0.5) is 0 Å². The van der Waals surface area contributed by atoms with Gasteiger partial charge in [0.15, 0.2) is 0 Å². The van der Waals surface area contributed by atoms with Gasteiger partial charge in [-0.3, -0.25) is 5.41 Å². The molecule has 0 spiro atoms. The fourth-order valence-electron chi connectivity index (χ4n) is 2.09. The van der Waals surface area contributed by atoms with E-state index in [9.17, 15) is 0 Å². The summed E-state index contributed by atoms with van der Waals surface area (Å²) >= 11 is 0. The molecule has 0 bridgehead atoms. The van der Waals surface area contributed by atoms with Crippen molar-refractivity contribution in [1.29, 1.82) is 5.41 Å². The maximum absolute atomic E-state index is 8.12. The van der Waals surface area contributed by atoms with E-state index in [1.165, 1.54) is 0 Å². The average molecular weight is 198 g/mol. The van der Waals surface area contributed by atoms with Crippen LogP contribution in [0, 0.1) is 5.41 Å². The maximum Gasteiger partial charge on any atom is 0.129 e. The number of nitrogens with one attached hydrogen (secondary N) is 1. The van der Waals surface area contributed by atoms with Crippen LogP contribution >= 0.6 is 0 Å². The molecular weight excluding hydrogens is 180 g/mol. The van der Waals surface area contributed by atoms with Crippen LogP contribution in [0.3, 0.4) is 0 Å². The third-order valence-corrected chi connectivity index (χ3v) is 3.05. The summed E-state index contributed by atoms with van der Waals surface area (Å²) in [6.45, 7) is 5.95. The molecule has 0 radical (unpaired) electrons. The predicted octanol–water partition coefficient (Wildman–Crippen LogP) is 0.865. The Morgan fingerprint density at radius 3 is 2.57 bits per heavy atom. The lowest BCUT2D eigenvalue weighted by Crippen LogP contribution is -2.50. The summed E-state index contributed by atoms with van der Waals surface area (Å²) in [6, 6.07) is 0. The van der Waals surface area contributed by atoms with Crippen LogP contribution in [0.25, 0.3) is 0 Å². The van der Waals surface area contributed by atoms with Gasteiger partial charge in [0.1, 0.15) is 11.4 Å². The molecule has 4 heteroatoms. The largest absolute Gasteiger partial charge is 0.378 e. The number of morpholine rings is 1. The van der Waals surface area contributed by atoms with Gasteiger partial charge in [-0.2, -0.15) is 0 Å². The van der Waals surface area contributed by atoms with Crippen LogP contribution in [-0.4, -0.2) is 49.2 Å². The molecule has 0 aromatic rings. The summed E-state index contributed by atoms with van der Waals surface area (Å²) in [6.07, 6.45) is 2.05. The van der Waals surface area contributed by atoms with Crippen LogP contribution in [0.1, 0.15) is 19.8 Å². The van der Waals surface area contributed by atoms with E-state index in [4.69, 9.17) is 14.9 Å².